The van der Waals surface area contributed by atoms with Gasteiger partial charge in [-0.15, -0.1) is 0 Å². The van der Waals surface area contributed by atoms with Crippen molar-refractivity contribution in [1.29, 1.82) is 0 Å². The van der Waals surface area contributed by atoms with Crippen LogP contribution in [0.2, 0.25) is 0 Å². The Morgan fingerprint density at radius 1 is 0.786 bits per heavy atom. The van der Waals surface area contributed by atoms with Crippen LogP contribution in [0.3, 0.4) is 0 Å². The first-order chi connectivity index (χ1) is 4.52. The number of carbonyl (C=O) groups excluding carboxylic acids is 1. The Morgan fingerprint density at radius 2 is 1.00 bits per heavy atom. The van der Waals surface area contributed by atoms with Crippen molar-refractivity contribution in [3.63, 3.8) is 0 Å². The quantitative estimate of drug-likeness (QED) is 0.279. The summed E-state index contributed by atoms with van der Waals surface area (Å²) in [7, 11) is 0. The molecule has 0 amide bonds. The number of carbonyl (C=O) groups is 3. The number of hydrogen-bond donors (Lipinski definition) is 2. The van der Waals surface area contributed by atoms with Gasteiger partial charge in [-0.3, -0.25) is 0 Å². The minimum Gasteiger partial charge on any atom is -0.449 e. The van der Waals surface area contributed by atoms with E-state index in [0.29, 0.717) is 0 Å². The maximum absolute atomic E-state index is 9.86. The van der Waals surface area contributed by atoms with Crippen LogP contribution in [0.5, 0.6) is 0 Å². The van der Waals surface area contributed by atoms with E-state index in [1.807, 2.05) is 0 Å². The van der Waals surface area contributed by atoms with E-state index in [2.05, 4.69) is 9.47 Å². The number of hydrogen-bond acceptors (Lipinski definition) is 5. The first kappa shape index (κ1) is 30.4. The second-order valence-corrected chi connectivity index (χ2v) is 0.986. The first-order valence-electron chi connectivity index (χ1n) is 1.88. The van der Waals surface area contributed by atoms with Crippen LogP contribution in [0.15, 0.2) is 0 Å². The summed E-state index contributed by atoms with van der Waals surface area (Å²) in [5.74, 6) is 0. The largest absolute Gasteiger partial charge is 0.528 e. The Kier molecular flexibility index (Phi) is 40.6. The van der Waals surface area contributed by atoms with E-state index in [4.69, 9.17) is 10.2 Å². The average molecular weight is 708 g/mol. The van der Waals surface area contributed by atoms with E-state index in [9.17, 15) is 14.4 Å². The zero-order chi connectivity index (χ0) is 8.15. The average Bonchev–Trinajstić information content (AvgIpc) is 1.58. The van der Waals surface area contributed by atoms with Gasteiger partial charge < -0.3 is 19.7 Å². The van der Waals surface area contributed by atoms with E-state index >= 15 is 0 Å². The molecule has 0 unspecified atom stereocenters. The van der Waals surface area contributed by atoms with Gasteiger partial charge in [0.1, 0.15) is 0 Å². The molecule has 0 bridgehead atoms. The first-order valence-corrected chi connectivity index (χ1v) is 1.88. The predicted molar refractivity (Wildman–Crippen MR) is 23.6 cm³/mol. The van der Waals surface area contributed by atoms with Crippen LogP contribution >= 0.6 is 0 Å². The molecule has 0 aromatic carbocycles. The van der Waals surface area contributed by atoms with Crippen molar-refractivity contribution in [3.8, 4) is 0 Å². The van der Waals surface area contributed by atoms with Crippen molar-refractivity contribution < 1.29 is 189 Å². The Balaban J connectivity index is -0.0000000675. The molecule has 0 fully saturated rings. The van der Waals surface area contributed by atoms with Crippen LogP contribution in [0.4, 0.5) is 14.4 Å². The van der Waals surface area contributed by atoms with E-state index in [1.54, 1.807) is 0 Å². The Bertz CT molecular complexity index is 168. The third kappa shape index (κ3) is 24.5. The maximum Gasteiger partial charge on any atom is 0.528 e. The molecule has 14 heavy (non-hydrogen) atoms. The summed E-state index contributed by atoms with van der Waals surface area (Å²) in [6.45, 7) is 0. The van der Waals surface area contributed by atoms with Gasteiger partial charge in [-0.25, -0.2) is 14.4 Å². The second kappa shape index (κ2) is 18.7. The van der Waals surface area contributed by atoms with E-state index in [0.717, 1.165) is 0 Å². The summed E-state index contributed by atoms with van der Waals surface area (Å²) in [6.07, 6.45) is -5.64. The summed E-state index contributed by atoms with van der Waals surface area (Å²) in [5, 5.41) is 15.4. The molecule has 0 spiro atoms. The summed E-state index contributed by atoms with van der Waals surface area (Å²) >= 11 is 0. The fourth-order valence-electron chi connectivity index (χ4n) is 0.163. The molecular formula is C3H2Ce2La2O7. The van der Waals surface area contributed by atoms with Gasteiger partial charge in [-0.2, -0.15) is 0 Å². The van der Waals surface area contributed by atoms with Crippen molar-refractivity contribution in [2.45, 2.75) is 0 Å². The molecule has 11 heteroatoms. The van der Waals surface area contributed by atoms with Crippen LogP contribution in [0.25, 0.3) is 0 Å². The zero-order valence-corrected chi connectivity index (χ0v) is 20.1. The Hall–Kier alpha value is 3.35. The molecule has 0 aliphatic heterocycles. The van der Waals surface area contributed by atoms with Crippen molar-refractivity contribution in [3.05, 3.63) is 0 Å². The van der Waals surface area contributed by atoms with Gasteiger partial charge in [0.25, 0.3) is 0 Å². The van der Waals surface area contributed by atoms with Gasteiger partial charge in [0.2, 0.25) is 0 Å². The van der Waals surface area contributed by atoms with Gasteiger partial charge in [-0.05, 0) is 0 Å². The number of rotatable bonds is 0. The topological polar surface area (TPSA) is 110 Å². The minimum absolute atomic E-state index is 0. The number of ether oxygens (including phenoxy) is 2. The second-order valence-electron chi connectivity index (χ2n) is 0.986. The molecule has 0 heterocycles. The third-order valence-corrected chi connectivity index (χ3v) is 0.341. The molecule has 70 valence electrons. The zero-order valence-electron chi connectivity index (χ0n) is 6.59. The van der Waals surface area contributed by atoms with Gasteiger partial charge in [0.05, 0.1) is 0 Å². The summed E-state index contributed by atoms with van der Waals surface area (Å²) in [5.41, 5.74) is 0. The van der Waals surface area contributed by atoms with Crippen LogP contribution in [-0.4, -0.2) is 28.7 Å². The van der Waals surface area contributed by atoms with E-state index < -0.39 is 18.5 Å². The van der Waals surface area contributed by atoms with Gasteiger partial charge in [0, 0.05) is 155 Å². The smallest absolute Gasteiger partial charge is 0.449 e. The molecule has 2 N–H and O–H groups in total. The minimum atomic E-state index is -1.92. The summed E-state index contributed by atoms with van der Waals surface area (Å²) in [4.78, 5) is 28.8. The van der Waals surface area contributed by atoms with Gasteiger partial charge in [-0.1, -0.05) is 0 Å². The molecule has 0 aromatic heterocycles. The van der Waals surface area contributed by atoms with Gasteiger partial charge in [0.15, 0.2) is 0 Å². The Labute approximate surface area is 202 Å². The number of carboxylic acid groups (broad SMARTS) is 2. The fourth-order valence-corrected chi connectivity index (χ4v) is 0.163. The standard InChI is InChI=1S/C3H2O7.2Ce.2La/c4-1(5)9-3(8)10-2(6)7;;;;/h(H,4,5)(H,6,7);;;;. The predicted octanol–water partition coefficient (Wildman–Crippen LogP) is 0.496. The molecule has 7 nitrogen and oxygen atoms in total. The molecule has 0 aliphatic carbocycles. The molecule has 0 saturated carbocycles. The van der Waals surface area contributed by atoms with Crippen LogP contribution in [0, 0.1) is 155 Å². The molecule has 0 atom stereocenters. The van der Waals surface area contributed by atoms with Crippen molar-refractivity contribution >= 4 is 18.5 Å². The van der Waals surface area contributed by atoms with Crippen LogP contribution in [0.1, 0.15) is 0 Å². The van der Waals surface area contributed by atoms with E-state index in [1.165, 1.54) is 0 Å². The molecule has 2 radical (unpaired) electrons. The van der Waals surface area contributed by atoms with Crippen molar-refractivity contribution in [2.24, 2.45) is 0 Å². The third-order valence-electron chi connectivity index (χ3n) is 0.341. The van der Waals surface area contributed by atoms with Crippen molar-refractivity contribution in [1.82, 2.24) is 0 Å². The van der Waals surface area contributed by atoms with Crippen LogP contribution < -0.4 is 0 Å². The molecule has 0 aromatic rings. The maximum atomic E-state index is 9.86. The summed E-state index contributed by atoms with van der Waals surface area (Å²) in [6, 6.07) is 0. The Morgan fingerprint density at radius 3 is 1.14 bits per heavy atom. The normalized spacial score (nSPS) is 5.71. The molecule has 0 aliphatic rings. The monoisotopic (exact) mass is 708 g/mol. The molecular weight excluding hydrogens is 706 g/mol. The molecule has 0 rings (SSSR count). The fraction of sp³-hybridized carbons (Fsp3) is 0. The summed E-state index contributed by atoms with van der Waals surface area (Å²) < 4.78 is 6.47. The van der Waals surface area contributed by atoms with E-state index in [-0.39, 0.29) is 155 Å². The van der Waals surface area contributed by atoms with Crippen molar-refractivity contribution in [2.75, 3.05) is 0 Å². The molecule has 0 saturated heterocycles. The SMILES string of the molecule is O=C(O)OC(=O)OC(=O)O.[Ce].[Ce].[La].[La]. The van der Waals surface area contributed by atoms with Gasteiger partial charge >= 0.3 is 18.5 Å². The van der Waals surface area contributed by atoms with Crippen LogP contribution in [-0.2, 0) is 9.47 Å².